The summed E-state index contributed by atoms with van der Waals surface area (Å²) in [5, 5.41) is 1.35. The second-order valence-electron chi connectivity index (χ2n) is 3.63. The molecule has 0 amide bonds. The molecular formula is C13H10ClNO2. The Morgan fingerprint density at radius 3 is 2.76 bits per heavy atom. The normalized spacial score (nSPS) is 10.4. The van der Waals surface area contributed by atoms with Crippen LogP contribution >= 0.6 is 11.6 Å². The van der Waals surface area contributed by atoms with Crippen molar-refractivity contribution in [2.24, 2.45) is 0 Å². The molecule has 4 heteroatoms. The van der Waals surface area contributed by atoms with Gasteiger partial charge in [0.25, 0.3) is 5.56 Å². The number of rotatable bonds is 3. The Bertz CT molecular complexity index is 658. The first-order chi connectivity index (χ1) is 8.17. The van der Waals surface area contributed by atoms with Gasteiger partial charge in [-0.2, -0.15) is 0 Å². The predicted molar refractivity (Wildman–Crippen MR) is 68.8 cm³/mol. The monoisotopic (exact) mass is 247 g/mol. The number of nitrogens with zero attached hydrogens (tertiary/aromatic N) is 1. The van der Waals surface area contributed by atoms with Crippen molar-refractivity contribution in [1.82, 2.24) is 4.57 Å². The van der Waals surface area contributed by atoms with Gasteiger partial charge in [-0.1, -0.05) is 23.7 Å². The maximum Gasteiger partial charge on any atom is 0.261 e. The lowest BCUT2D eigenvalue weighted by atomic mass is 10.1. The van der Waals surface area contributed by atoms with E-state index >= 15 is 0 Å². The number of carbonyl (C=O) groups is 1. The van der Waals surface area contributed by atoms with Crippen molar-refractivity contribution in [3.05, 3.63) is 57.9 Å². The summed E-state index contributed by atoms with van der Waals surface area (Å²) in [4.78, 5) is 22.8. The van der Waals surface area contributed by atoms with Crippen LogP contribution in [0.2, 0.25) is 5.02 Å². The highest BCUT2D eigenvalue weighted by molar-refractivity contribution is 6.31. The standard InChI is InChI=1S/C13H10ClNO2/c1-2-5-15-12-7-11(14)4-3-9(12)6-10(8-16)13(15)17/h2-4,6-8H,1,5H2. The number of carbonyl (C=O) groups excluding carboxylic acids is 1. The molecule has 3 nitrogen and oxygen atoms in total. The molecular weight excluding hydrogens is 238 g/mol. The molecule has 0 radical (unpaired) electrons. The smallest absolute Gasteiger partial charge is 0.261 e. The van der Waals surface area contributed by atoms with Gasteiger partial charge in [0.05, 0.1) is 11.1 Å². The summed E-state index contributed by atoms with van der Waals surface area (Å²) in [5.74, 6) is 0. The minimum atomic E-state index is -0.324. The molecule has 2 aromatic rings. The molecule has 1 aromatic heterocycles. The highest BCUT2D eigenvalue weighted by atomic mass is 35.5. The maximum atomic E-state index is 12.0. The quantitative estimate of drug-likeness (QED) is 0.618. The third-order valence-electron chi connectivity index (χ3n) is 2.53. The number of aldehydes is 1. The molecule has 0 bridgehead atoms. The first-order valence-electron chi connectivity index (χ1n) is 5.06. The lowest BCUT2D eigenvalue weighted by molar-refractivity contribution is 0.112. The molecule has 0 aliphatic rings. The van der Waals surface area contributed by atoms with E-state index in [4.69, 9.17) is 11.6 Å². The van der Waals surface area contributed by atoms with Crippen LogP contribution < -0.4 is 5.56 Å². The Kier molecular flexibility index (Phi) is 3.11. The highest BCUT2D eigenvalue weighted by Crippen LogP contribution is 2.18. The van der Waals surface area contributed by atoms with Crippen molar-refractivity contribution < 1.29 is 4.79 Å². The van der Waals surface area contributed by atoms with Gasteiger partial charge >= 0.3 is 0 Å². The zero-order valence-electron chi connectivity index (χ0n) is 9.02. The molecule has 1 aromatic carbocycles. The van der Waals surface area contributed by atoms with E-state index in [0.29, 0.717) is 23.4 Å². The molecule has 2 rings (SSSR count). The molecule has 0 N–H and O–H groups in total. The summed E-state index contributed by atoms with van der Waals surface area (Å²) in [6, 6.07) is 6.78. The number of halogens is 1. The summed E-state index contributed by atoms with van der Waals surface area (Å²) in [6.07, 6.45) is 2.17. The molecule has 86 valence electrons. The van der Waals surface area contributed by atoms with Gasteiger partial charge in [-0.3, -0.25) is 9.59 Å². The average Bonchev–Trinajstić information content (AvgIpc) is 2.33. The van der Waals surface area contributed by atoms with Crippen LogP contribution in [0.25, 0.3) is 10.9 Å². The van der Waals surface area contributed by atoms with Gasteiger partial charge in [-0.25, -0.2) is 0 Å². The van der Waals surface area contributed by atoms with Crippen LogP contribution in [-0.2, 0) is 6.54 Å². The molecule has 0 spiro atoms. The van der Waals surface area contributed by atoms with Gasteiger partial charge in [0, 0.05) is 11.6 Å². The molecule has 0 aliphatic heterocycles. The van der Waals surface area contributed by atoms with E-state index in [1.54, 1.807) is 30.3 Å². The van der Waals surface area contributed by atoms with E-state index in [1.165, 1.54) is 4.57 Å². The third kappa shape index (κ3) is 2.01. The maximum absolute atomic E-state index is 12.0. The van der Waals surface area contributed by atoms with Crippen LogP contribution in [0.3, 0.4) is 0 Å². The van der Waals surface area contributed by atoms with E-state index in [1.807, 2.05) is 0 Å². The van der Waals surface area contributed by atoms with Crippen molar-refractivity contribution >= 4 is 28.8 Å². The summed E-state index contributed by atoms with van der Waals surface area (Å²) >= 11 is 5.91. The highest BCUT2D eigenvalue weighted by Gasteiger charge is 2.08. The number of hydrogen-bond acceptors (Lipinski definition) is 2. The van der Waals surface area contributed by atoms with Gasteiger partial charge in [-0.15, -0.1) is 6.58 Å². The van der Waals surface area contributed by atoms with Crippen LogP contribution in [0.4, 0.5) is 0 Å². The second-order valence-corrected chi connectivity index (χ2v) is 4.06. The summed E-state index contributed by atoms with van der Waals surface area (Å²) in [7, 11) is 0. The SMILES string of the molecule is C=CCn1c(=O)c(C=O)cc2ccc(Cl)cc21. The lowest BCUT2D eigenvalue weighted by Gasteiger charge is -2.09. The van der Waals surface area contributed by atoms with Crippen LogP contribution in [0, 0.1) is 0 Å². The van der Waals surface area contributed by atoms with E-state index in [2.05, 4.69) is 6.58 Å². The van der Waals surface area contributed by atoms with Crippen molar-refractivity contribution in [1.29, 1.82) is 0 Å². The minimum Gasteiger partial charge on any atom is -0.304 e. The zero-order chi connectivity index (χ0) is 12.4. The van der Waals surface area contributed by atoms with Crippen molar-refractivity contribution in [3.8, 4) is 0 Å². The lowest BCUT2D eigenvalue weighted by Crippen LogP contribution is -2.23. The number of allylic oxidation sites excluding steroid dienone is 1. The number of hydrogen-bond donors (Lipinski definition) is 0. The molecule has 0 unspecified atom stereocenters. The molecule has 17 heavy (non-hydrogen) atoms. The van der Waals surface area contributed by atoms with E-state index in [0.717, 1.165) is 5.39 Å². The van der Waals surface area contributed by atoms with Gasteiger partial charge in [0.15, 0.2) is 6.29 Å². The van der Waals surface area contributed by atoms with Crippen LogP contribution in [0.1, 0.15) is 10.4 Å². The fourth-order valence-corrected chi connectivity index (χ4v) is 1.93. The fraction of sp³-hybridized carbons (Fsp3) is 0.0769. The Morgan fingerprint density at radius 2 is 2.12 bits per heavy atom. The van der Waals surface area contributed by atoms with Crippen molar-refractivity contribution in [2.75, 3.05) is 0 Å². The molecule has 0 fully saturated rings. The molecule has 1 heterocycles. The van der Waals surface area contributed by atoms with E-state index in [9.17, 15) is 9.59 Å². The van der Waals surface area contributed by atoms with Gasteiger partial charge in [-0.05, 0) is 23.6 Å². The van der Waals surface area contributed by atoms with Gasteiger partial charge in [0.1, 0.15) is 0 Å². The second kappa shape index (κ2) is 4.55. The number of benzene rings is 1. The van der Waals surface area contributed by atoms with E-state index in [-0.39, 0.29) is 11.1 Å². The van der Waals surface area contributed by atoms with Crippen molar-refractivity contribution in [3.63, 3.8) is 0 Å². The fourth-order valence-electron chi connectivity index (χ4n) is 1.76. The van der Waals surface area contributed by atoms with E-state index < -0.39 is 0 Å². The van der Waals surface area contributed by atoms with Crippen LogP contribution in [-0.4, -0.2) is 10.9 Å². The summed E-state index contributed by atoms with van der Waals surface area (Å²) in [5.41, 5.74) is 0.518. The first kappa shape index (κ1) is 11.6. The van der Waals surface area contributed by atoms with Gasteiger partial charge < -0.3 is 4.57 Å². The Hall–Kier alpha value is -1.87. The largest absolute Gasteiger partial charge is 0.304 e. The topological polar surface area (TPSA) is 39.1 Å². The number of fused-ring (bicyclic) bond motifs is 1. The Labute approximate surface area is 103 Å². The van der Waals surface area contributed by atoms with Gasteiger partial charge in [0.2, 0.25) is 0 Å². The van der Waals surface area contributed by atoms with Crippen molar-refractivity contribution in [2.45, 2.75) is 6.54 Å². The Balaban J connectivity index is 2.92. The zero-order valence-corrected chi connectivity index (χ0v) is 9.78. The molecule has 0 atom stereocenters. The molecule has 0 saturated carbocycles. The molecule has 0 aliphatic carbocycles. The number of aromatic nitrogens is 1. The van der Waals surface area contributed by atoms with Crippen LogP contribution in [0.15, 0.2) is 41.7 Å². The average molecular weight is 248 g/mol. The predicted octanol–water partition coefficient (Wildman–Crippen LogP) is 2.65. The first-order valence-corrected chi connectivity index (χ1v) is 5.44. The number of pyridine rings is 1. The van der Waals surface area contributed by atoms with Crippen LogP contribution in [0.5, 0.6) is 0 Å². The summed E-state index contributed by atoms with van der Waals surface area (Å²) < 4.78 is 1.48. The third-order valence-corrected chi connectivity index (χ3v) is 2.76. The Morgan fingerprint density at radius 1 is 1.35 bits per heavy atom. The minimum absolute atomic E-state index is 0.140. The molecule has 0 saturated heterocycles. The summed E-state index contributed by atoms with van der Waals surface area (Å²) in [6.45, 7) is 3.95.